The summed E-state index contributed by atoms with van der Waals surface area (Å²) in [4.78, 5) is 9.60. The largest absolute Gasteiger partial charge is 0.368 e. The van der Waals surface area contributed by atoms with Gasteiger partial charge in [0.25, 0.3) is 0 Å². The fourth-order valence-corrected chi connectivity index (χ4v) is 3.86. The SMILES string of the molecule is CN1CCN(Cc2ccccc2)CC1.CN1CCN(c2ccccc2Cl)CC1. The van der Waals surface area contributed by atoms with Gasteiger partial charge in [-0.15, -0.1) is 0 Å². The zero-order valence-electron chi connectivity index (χ0n) is 17.2. The molecule has 2 aromatic rings. The molecule has 2 aromatic carbocycles. The van der Waals surface area contributed by atoms with E-state index in [1.54, 1.807) is 0 Å². The van der Waals surface area contributed by atoms with Crippen LogP contribution in [0.1, 0.15) is 5.56 Å². The monoisotopic (exact) mass is 400 g/mol. The van der Waals surface area contributed by atoms with Gasteiger partial charge in [0.1, 0.15) is 0 Å². The molecule has 2 heterocycles. The maximum absolute atomic E-state index is 6.14. The number of hydrogen-bond donors (Lipinski definition) is 0. The molecule has 0 bridgehead atoms. The second-order valence-electron chi connectivity index (χ2n) is 7.81. The minimum atomic E-state index is 0.858. The molecule has 4 nitrogen and oxygen atoms in total. The molecule has 2 aliphatic rings. The number of benzene rings is 2. The Kier molecular flexibility index (Phi) is 8.16. The van der Waals surface area contributed by atoms with Gasteiger partial charge in [0.05, 0.1) is 10.7 Å². The summed E-state index contributed by atoms with van der Waals surface area (Å²) in [6, 6.07) is 18.8. The van der Waals surface area contributed by atoms with Crippen molar-refractivity contribution >= 4 is 17.3 Å². The van der Waals surface area contributed by atoms with Crippen LogP contribution in [-0.4, -0.2) is 81.2 Å². The van der Waals surface area contributed by atoms with Crippen LogP contribution in [-0.2, 0) is 6.54 Å². The Morgan fingerprint density at radius 2 is 1.21 bits per heavy atom. The Morgan fingerprint density at radius 1 is 0.679 bits per heavy atom. The maximum Gasteiger partial charge on any atom is 0.0639 e. The van der Waals surface area contributed by atoms with Gasteiger partial charge in [-0.1, -0.05) is 54.1 Å². The van der Waals surface area contributed by atoms with Crippen LogP contribution < -0.4 is 4.90 Å². The fraction of sp³-hybridized carbons (Fsp3) is 0.478. The molecular formula is C23H33ClN4. The van der Waals surface area contributed by atoms with E-state index >= 15 is 0 Å². The van der Waals surface area contributed by atoms with E-state index in [-0.39, 0.29) is 0 Å². The van der Waals surface area contributed by atoms with E-state index in [4.69, 9.17) is 11.6 Å². The molecule has 0 unspecified atom stereocenters. The fourth-order valence-electron chi connectivity index (χ4n) is 3.60. The van der Waals surface area contributed by atoms with Gasteiger partial charge in [-0.3, -0.25) is 4.90 Å². The molecule has 0 atom stereocenters. The summed E-state index contributed by atoms with van der Waals surface area (Å²) in [5.74, 6) is 0. The lowest BCUT2D eigenvalue weighted by atomic mass is 10.2. The molecule has 0 amide bonds. The number of para-hydroxylation sites is 1. The van der Waals surface area contributed by atoms with Crippen molar-refractivity contribution in [2.24, 2.45) is 0 Å². The molecular weight excluding hydrogens is 368 g/mol. The van der Waals surface area contributed by atoms with Gasteiger partial charge in [-0.2, -0.15) is 0 Å². The molecule has 0 radical (unpaired) electrons. The van der Waals surface area contributed by atoms with Crippen LogP contribution in [0.25, 0.3) is 0 Å². The van der Waals surface area contributed by atoms with Crippen molar-refractivity contribution in [2.75, 3.05) is 71.4 Å². The van der Waals surface area contributed by atoms with Gasteiger partial charge in [-0.25, -0.2) is 0 Å². The second-order valence-corrected chi connectivity index (χ2v) is 8.21. The Hall–Kier alpha value is -1.59. The van der Waals surface area contributed by atoms with Gasteiger partial charge < -0.3 is 14.7 Å². The lowest BCUT2D eigenvalue weighted by Crippen LogP contribution is -2.44. The average Bonchev–Trinajstić information content (AvgIpc) is 2.72. The molecule has 152 valence electrons. The number of rotatable bonds is 3. The Bertz CT molecular complexity index is 693. The van der Waals surface area contributed by atoms with E-state index in [1.165, 1.54) is 37.4 Å². The number of piperazine rings is 2. The molecule has 0 N–H and O–H groups in total. The van der Waals surface area contributed by atoms with Gasteiger partial charge in [0.2, 0.25) is 0 Å². The van der Waals surface area contributed by atoms with Crippen molar-refractivity contribution in [2.45, 2.75) is 6.54 Å². The van der Waals surface area contributed by atoms with Crippen molar-refractivity contribution in [3.8, 4) is 0 Å². The summed E-state index contributed by atoms with van der Waals surface area (Å²) in [7, 11) is 4.35. The second kappa shape index (κ2) is 10.8. The number of hydrogen-bond acceptors (Lipinski definition) is 4. The third kappa shape index (κ3) is 6.49. The number of nitrogens with zero attached hydrogens (tertiary/aromatic N) is 4. The van der Waals surface area contributed by atoms with Crippen molar-refractivity contribution in [1.29, 1.82) is 0 Å². The lowest BCUT2D eigenvalue weighted by Gasteiger charge is -2.34. The number of anilines is 1. The van der Waals surface area contributed by atoms with Crippen LogP contribution in [0.2, 0.25) is 5.02 Å². The highest BCUT2D eigenvalue weighted by atomic mass is 35.5. The zero-order chi connectivity index (χ0) is 19.8. The highest BCUT2D eigenvalue weighted by molar-refractivity contribution is 6.33. The van der Waals surface area contributed by atoms with Crippen LogP contribution in [0.4, 0.5) is 5.69 Å². The summed E-state index contributed by atoms with van der Waals surface area (Å²) in [6.45, 7) is 10.3. The van der Waals surface area contributed by atoms with Crippen LogP contribution in [0.5, 0.6) is 0 Å². The summed E-state index contributed by atoms with van der Waals surface area (Å²) in [5, 5.41) is 0.858. The summed E-state index contributed by atoms with van der Waals surface area (Å²) in [5.41, 5.74) is 2.60. The normalized spacial score (nSPS) is 19.2. The molecule has 0 aromatic heterocycles. The van der Waals surface area contributed by atoms with Crippen LogP contribution >= 0.6 is 11.6 Å². The molecule has 0 saturated carbocycles. The summed E-state index contributed by atoms with van der Waals surface area (Å²) >= 11 is 6.14. The van der Waals surface area contributed by atoms with E-state index in [9.17, 15) is 0 Å². The van der Waals surface area contributed by atoms with Crippen molar-refractivity contribution < 1.29 is 0 Å². The first-order valence-electron chi connectivity index (χ1n) is 10.2. The van der Waals surface area contributed by atoms with Gasteiger partial charge in [-0.05, 0) is 31.8 Å². The molecule has 5 heteroatoms. The van der Waals surface area contributed by atoms with Crippen LogP contribution in [0, 0.1) is 0 Å². The van der Waals surface area contributed by atoms with Gasteiger partial charge in [0.15, 0.2) is 0 Å². The van der Waals surface area contributed by atoms with Gasteiger partial charge in [0, 0.05) is 58.9 Å². The summed E-state index contributed by atoms with van der Waals surface area (Å²) in [6.07, 6.45) is 0. The average molecular weight is 401 g/mol. The first-order valence-corrected chi connectivity index (χ1v) is 10.6. The number of halogens is 1. The predicted octanol–water partition coefficient (Wildman–Crippen LogP) is 3.53. The first-order chi connectivity index (χ1) is 13.6. The van der Waals surface area contributed by atoms with E-state index in [1.807, 2.05) is 18.2 Å². The standard InChI is InChI=1S/C12H18N2.C11H15ClN2/c1-13-7-9-14(10-8-13)11-12-5-3-2-4-6-12;1-13-6-8-14(9-7-13)11-5-3-2-4-10(11)12/h2-6H,7-11H2,1H3;2-5H,6-9H2,1H3. The zero-order valence-corrected chi connectivity index (χ0v) is 18.0. The smallest absolute Gasteiger partial charge is 0.0639 e. The van der Waals surface area contributed by atoms with Crippen molar-refractivity contribution in [3.05, 3.63) is 65.2 Å². The molecule has 0 spiro atoms. The maximum atomic E-state index is 6.14. The Labute approximate surface area is 175 Å². The highest BCUT2D eigenvalue weighted by Gasteiger charge is 2.15. The Morgan fingerprint density at radius 3 is 1.82 bits per heavy atom. The van der Waals surface area contributed by atoms with Crippen LogP contribution in [0.3, 0.4) is 0 Å². The quantitative estimate of drug-likeness (QED) is 0.781. The molecule has 0 aliphatic carbocycles. The van der Waals surface area contributed by atoms with Gasteiger partial charge >= 0.3 is 0 Å². The molecule has 2 aliphatic heterocycles. The van der Waals surface area contributed by atoms with Crippen molar-refractivity contribution in [1.82, 2.24) is 14.7 Å². The van der Waals surface area contributed by atoms with E-state index in [2.05, 4.69) is 70.1 Å². The topological polar surface area (TPSA) is 13.0 Å². The number of likely N-dealkylation sites (N-methyl/N-ethyl adjacent to an activating group) is 2. The minimum absolute atomic E-state index is 0.858. The third-order valence-corrected chi connectivity index (χ3v) is 5.86. The van der Waals surface area contributed by atoms with E-state index in [0.29, 0.717) is 0 Å². The molecule has 2 saturated heterocycles. The Balaban J connectivity index is 0.000000161. The molecule has 2 fully saturated rings. The summed E-state index contributed by atoms with van der Waals surface area (Å²) < 4.78 is 0. The predicted molar refractivity (Wildman–Crippen MR) is 120 cm³/mol. The first kappa shape index (κ1) is 21.1. The minimum Gasteiger partial charge on any atom is -0.368 e. The van der Waals surface area contributed by atoms with E-state index < -0.39 is 0 Å². The molecule has 4 rings (SSSR count). The van der Waals surface area contributed by atoms with Crippen LogP contribution in [0.15, 0.2) is 54.6 Å². The van der Waals surface area contributed by atoms with Crippen molar-refractivity contribution in [3.63, 3.8) is 0 Å². The highest BCUT2D eigenvalue weighted by Crippen LogP contribution is 2.25. The van der Waals surface area contributed by atoms with E-state index in [0.717, 1.165) is 37.7 Å². The third-order valence-electron chi connectivity index (χ3n) is 5.54. The molecule has 28 heavy (non-hydrogen) atoms. The lowest BCUT2D eigenvalue weighted by molar-refractivity contribution is 0.148.